The van der Waals surface area contributed by atoms with Gasteiger partial charge in [0.15, 0.2) is 11.6 Å². The minimum atomic E-state index is 0.156. The molecule has 2 aliphatic heterocycles. The molecule has 1 amide bonds. The number of carbonyl (C=O) groups excluding carboxylic acids is 1. The molecule has 4 rings (SSSR count). The summed E-state index contributed by atoms with van der Waals surface area (Å²) in [6.45, 7) is 3.96. The van der Waals surface area contributed by atoms with Crippen molar-refractivity contribution in [2.45, 2.75) is 70.3 Å². The quantitative estimate of drug-likeness (QED) is 0.881. The molecule has 3 fully saturated rings. The van der Waals surface area contributed by atoms with E-state index < -0.39 is 0 Å². The number of rotatable bonds is 4. The number of amides is 1. The summed E-state index contributed by atoms with van der Waals surface area (Å²) < 4.78 is 0. The molecule has 0 spiro atoms. The van der Waals surface area contributed by atoms with Crippen molar-refractivity contribution in [3.05, 3.63) is 12.1 Å². The Morgan fingerprint density at radius 2 is 1.33 bits per heavy atom. The lowest BCUT2D eigenvalue weighted by Crippen LogP contribution is -2.44. The Morgan fingerprint density at radius 3 is 1.93 bits per heavy atom. The maximum Gasteiger partial charge on any atom is 0.223 e. The van der Waals surface area contributed by atoms with Gasteiger partial charge in [0.2, 0.25) is 5.91 Å². The predicted octanol–water partition coefficient (Wildman–Crippen LogP) is 3.13. The maximum atomic E-state index is 12.6. The van der Waals surface area contributed by atoms with Gasteiger partial charge < -0.3 is 15.1 Å². The fraction of sp³-hybridized carbons (Fsp3) is 0.762. The highest BCUT2D eigenvalue weighted by molar-refractivity contribution is 5.79. The van der Waals surface area contributed by atoms with Crippen LogP contribution in [0.2, 0.25) is 0 Å². The van der Waals surface area contributed by atoms with Crippen LogP contribution in [0.25, 0.3) is 0 Å². The van der Waals surface area contributed by atoms with Crippen LogP contribution in [0, 0.1) is 5.92 Å². The maximum absolute atomic E-state index is 12.6. The van der Waals surface area contributed by atoms with E-state index in [-0.39, 0.29) is 11.8 Å². The second-order valence-corrected chi connectivity index (χ2v) is 8.40. The van der Waals surface area contributed by atoms with E-state index in [2.05, 4.69) is 37.4 Å². The molecule has 27 heavy (non-hydrogen) atoms. The van der Waals surface area contributed by atoms with Crippen LogP contribution in [-0.4, -0.2) is 48.3 Å². The topological polar surface area (TPSA) is 61.4 Å². The summed E-state index contributed by atoms with van der Waals surface area (Å²) in [5.41, 5.74) is 0. The monoisotopic (exact) mass is 371 g/mol. The predicted molar refractivity (Wildman–Crippen MR) is 108 cm³/mol. The number of anilines is 2. The molecule has 1 aromatic heterocycles. The van der Waals surface area contributed by atoms with Crippen molar-refractivity contribution in [3.8, 4) is 0 Å². The molecule has 148 valence electrons. The molecular weight excluding hydrogens is 338 g/mol. The molecular formula is C21H33N5O. The summed E-state index contributed by atoms with van der Waals surface area (Å²) in [5, 5.41) is 12.2. The van der Waals surface area contributed by atoms with Gasteiger partial charge in [-0.15, -0.1) is 10.2 Å². The first-order chi connectivity index (χ1) is 13.3. The van der Waals surface area contributed by atoms with Gasteiger partial charge in [-0.2, -0.15) is 0 Å². The zero-order chi connectivity index (χ0) is 18.5. The van der Waals surface area contributed by atoms with Gasteiger partial charge in [0.05, 0.1) is 0 Å². The van der Waals surface area contributed by atoms with E-state index in [4.69, 9.17) is 0 Å². The van der Waals surface area contributed by atoms with Crippen LogP contribution in [0.1, 0.15) is 64.2 Å². The smallest absolute Gasteiger partial charge is 0.223 e. The molecule has 1 saturated carbocycles. The molecule has 0 bridgehead atoms. The van der Waals surface area contributed by atoms with Crippen LogP contribution >= 0.6 is 0 Å². The average molecular weight is 372 g/mol. The molecule has 0 atom stereocenters. The van der Waals surface area contributed by atoms with E-state index in [0.717, 1.165) is 63.5 Å². The highest BCUT2D eigenvalue weighted by Gasteiger charge is 2.27. The number of aromatic nitrogens is 2. The minimum Gasteiger partial charge on any atom is -0.355 e. The molecule has 3 heterocycles. The van der Waals surface area contributed by atoms with Crippen LogP contribution in [-0.2, 0) is 4.79 Å². The molecule has 2 saturated heterocycles. The Morgan fingerprint density at radius 1 is 0.778 bits per heavy atom. The Hall–Kier alpha value is -1.85. The van der Waals surface area contributed by atoms with Crippen molar-refractivity contribution in [1.82, 2.24) is 15.5 Å². The van der Waals surface area contributed by atoms with Crippen LogP contribution < -0.4 is 15.1 Å². The van der Waals surface area contributed by atoms with Gasteiger partial charge in [0, 0.05) is 38.1 Å². The Labute approximate surface area is 162 Å². The zero-order valence-electron chi connectivity index (χ0n) is 16.4. The fourth-order valence-electron chi connectivity index (χ4n) is 4.72. The lowest BCUT2D eigenvalue weighted by Gasteiger charge is -2.33. The van der Waals surface area contributed by atoms with E-state index in [0.29, 0.717) is 6.04 Å². The lowest BCUT2D eigenvalue weighted by molar-refractivity contribution is -0.126. The molecule has 1 N–H and O–H groups in total. The highest BCUT2D eigenvalue weighted by Crippen LogP contribution is 2.25. The highest BCUT2D eigenvalue weighted by atomic mass is 16.1. The molecule has 6 nitrogen and oxygen atoms in total. The average Bonchev–Trinajstić information content (AvgIpc) is 2.75. The van der Waals surface area contributed by atoms with Crippen molar-refractivity contribution in [2.75, 3.05) is 36.0 Å². The van der Waals surface area contributed by atoms with Crippen molar-refractivity contribution in [3.63, 3.8) is 0 Å². The molecule has 3 aliphatic rings. The number of hydrogen-bond donors (Lipinski definition) is 1. The first-order valence-electron chi connectivity index (χ1n) is 10.9. The van der Waals surface area contributed by atoms with Gasteiger partial charge in [-0.05, 0) is 57.1 Å². The van der Waals surface area contributed by atoms with Crippen LogP contribution in [0.5, 0.6) is 0 Å². The van der Waals surface area contributed by atoms with E-state index >= 15 is 0 Å². The van der Waals surface area contributed by atoms with Crippen molar-refractivity contribution in [2.24, 2.45) is 5.92 Å². The van der Waals surface area contributed by atoms with Gasteiger partial charge in [0.25, 0.3) is 0 Å². The number of piperidine rings is 2. The SMILES string of the molecule is O=C(NC1CCCCC1)C1CCN(c2ccc(N3CCCCC3)nn2)CC1. The van der Waals surface area contributed by atoms with Gasteiger partial charge in [-0.3, -0.25) is 4.79 Å². The molecule has 0 radical (unpaired) electrons. The van der Waals surface area contributed by atoms with E-state index in [9.17, 15) is 4.79 Å². The molecule has 6 heteroatoms. The van der Waals surface area contributed by atoms with Crippen molar-refractivity contribution >= 4 is 17.5 Å². The summed E-state index contributed by atoms with van der Waals surface area (Å²) in [7, 11) is 0. The lowest BCUT2D eigenvalue weighted by atomic mass is 9.92. The van der Waals surface area contributed by atoms with E-state index in [1.807, 2.05) is 0 Å². The summed E-state index contributed by atoms with van der Waals surface area (Å²) in [4.78, 5) is 17.2. The third-order valence-electron chi connectivity index (χ3n) is 6.46. The van der Waals surface area contributed by atoms with Gasteiger partial charge in [-0.1, -0.05) is 19.3 Å². The summed E-state index contributed by atoms with van der Waals surface area (Å²) in [6, 6.07) is 4.62. The van der Waals surface area contributed by atoms with E-state index in [1.165, 1.54) is 38.5 Å². The third-order valence-corrected chi connectivity index (χ3v) is 6.46. The van der Waals surface area contributed by atoms with Crippen LogP contribution in [0.15, 0.2) is 12.1 Å². The molecule has 0 aromatic carbocycles. The zero-order valence-corrected chi connectivity index (χ0v) is 16.4. The van der Waals surface area contributed by atoms with Crippen LogP contribution in [0.4, 0.5) is 11.6 Å². The molecule has 0 unspecified atom stereocenters. The normalized spacial score (nSPS) is 22.7. The standard InChI is InChI=1S/C21H33N5O/c27-21(22-18-7-3-1-4-8-18)17-11-15-26(16-12-17)20-10-9-19(23-24-20)25-13-5-2-6-14-25/h9-10,17-18H,1-8,11-16H2,(H,22,27). The second kappa shape index (κ2) is 8.89. The van der Waals surface area contributed by atoms with Crippen LogP contribution in [0.3, 0.4) is 0 Å². The Kier molecular flexibility index (Phi) is 6.10. The largest absolute Gasteiger partial charge is 0.355 e. The summed E-state index contributed by atoms with van der Waals surface area (Å²) >= 11 is 0. The Bertz CT molecular complexity index is 600. The summed E-state index contributed by atoms with van der Waals surface area (Å²) in [5.74, 6) is 2.37. The van der Waals surface area contributed by atoms with Crippen molar-refractivity contribution in [1.29, 1.82) is 0 Å². The number of nitrogens with one attached hydrogen (secondary N) is 1. The second-order valence-electron chi connectivity index (χ2n) is 8.40. The summed E-state index contributed by atoms with van der Waals surface area (Å²) in [6.07, 6.45) is 11.8. The minimum absolute atomic E-state index is 0.156. The van der Waals surface area contributed by atoms with Gasteiger partial charge in [-0.25, -0.2) is 0 Å². The first-order valence-corrected chi connectivity index (χ1v) is 10.9. The van der Waals surface area contributed by atoms with Gasteiger partial charge in [0.1, 0.15) is 0 Å². The number of hydrogen-bond acceptors (Lipinski definition) is 5. The molecule has 1 aliphatic carbocycles. The van der Waals surface area contributed by atoms with Gasteiger partial charge >= 0.3 is 0 Å². The molecule has 1 aromatic rings. The van der Waals surface area contributed by atoms with Crippen molar-refractivity contribution < 1.29 is 4.79 Å². The Balaban J connectivity index is 1.26. The number of carbonyl (C=O) groups is 1. The number of nitrogens with zero attached hydrogens (tertiary/aromatic N) is 4. The van der Waals surface area contributed by atoms with E-state index in [1.54, 1.807) is 0 Å². The first kappa shape index (κ1) is 18.5. The fourth-order valence-corrected chi connectivity index (χ4v) is 4.72. The third kappa shape index (κ3) is 4.71.